The maximum Gasteiger partial charge on any atom is 0.416 e. The monoisotopic (exact) mass is 380 g/mol. The molecular formula is C19H19F3N2OS. The predicted molar refractivity (Wildman–Crippen MR) is 94.3 cm³/mol. The second-order valence-corrected chi connectivity index (χ2v) is 8.82. The number of piperidine rings is 3. The second-order valence-electron chi connectivity index (χ2n) is 7.74. The Labute approximate surface area is 153 Å². The molecule has 7 heteroatoms. The van der Waals surface area contributed by atoms with Gasteiger partial charge in [0.25, 0.3) is 5.91 Å². The minimum absolute atomic E-state index is 0.148. The zero-order valence-corrected chi connectivity index (χ0v) is 14.9. The summed E-state index contributed by atoms with van der Waals surface area (Å²) in [6, 6.07) is 5.42. The first-order valence-electron chi connectivity index (χ1n) is 9.04. The molecule has 1 aliphatic carbocycles. The van der Waals surface area contributed by atoms with Crippen molar-refractivity contribution in [2.24, 2.45) is 5.92 Å². The lowest BCUT2D eigenvalue weighted by atomic mass is 9.77. The fourth-order valence-corrected chi connectivity index (χ4v) is 5.81. The molecule has 4 heterocycles. The van der Waals surface area contributed by atoms with E-state index in [0.717, 1.165) is 50.9 Å². The maximum absolute atomic E-state index is 12.9. The molecule has 1 aromatic carbocycles. The summed E-state index contributed by atoms with van der Waals surface area (Å²) in [7, 11) is 0. The molecule has 3 nitrogen and oxygen atoms in total. The van der Waals surface area contributed by atoms with E-state index in [1.807, 2.05) is 0 Å². The van der Waals surface area contributed by atoms with Crippen LogP contribution in [0.2, 0.25) is 0 Å². The summed E-state index contributed by atoms with van der Waals surface area (Å²) in [6.45, 7) is 2.25. The molecule has 2 bridgehead atoms. The van der Waals surface area contributed by atoms with E-state index in [9.17, 15) is 18.0 Å². The number of carbonyl (C=O) groups excluding carboxylic acids is 1. The molecule has 0 radical (unpaired) electrons. The molecule has 138 valence electrons. The zero-order valence-electron chi connectivity index (χ0n) is 14.1. The quantitative estimate of drug-likeness (QED) is 0.844. The number of alkyl halides is 3. The summed E-state index contributed by atoms with van der Waals surface area (Å²) < 4.78 is 39.4. The topological polar surface area (TPSA) is 32.3 Å². The van der Waals surface area contributed by atoms with E-state index in [2.05, 4.69) is 10.2 Å². The molecule has 1 saturated carbocycles. The minimum Gasteiger partial charge on any atom is -0.346 e. The lowest BCUT2D eigenvalue weighted by Crippen LogP contribution is -2.65. The molecule has 26 heavy (non-hydrogen) atoms. The lowest BCUT2D eigenvalue weighted by molar-refractivity contribution is -0.137. The molecule has 1 atom stereocenters. The summed E-state index contributed by atoms with van der Waals surface area (Å²) in [4.78, 5) is 15.8. The van der Waals surface area contributed by atoms with Gasteiger partial charge in [-0.05, 0) is 74.3 Å². The molecule has 1 unspecified atom stereocenters. The number of fused-ring (bicyclic) bond motifs is 3. The molecule has 3 aliphatic heterocycles. The van der Waals surface area contributed by atoms with Gasteiger partial charge in [0.1, 0.15) is 0 Å². The average Bonchev–Trinajstić information content (AvgIpc) is 3.26. The highest BCUT2D eigenvalue weighted by Gasteiger charge is 2.60. The third kappa shape index (κ3) is 2.47. The summed E-state index contributed by atoms with van der Waals surface area (Å²) in [5.74, 6) is 0.377. The molecule has 4 aliphatic rings. The van der Waals surface area contributed by atoms with E-state index < -0.39 is 11.7 Å². The number of thiophene rings is 1. The first-order valence-corrected chi connectivity index (χ1v) is 9.85. The molecule has 1 amide bonds. The van der Waals surface area contributed by atoms with Gasteiger partial charge in [0.2, 0.25) is 0 Å². The number of hydrogen-bond acceptors (Lipinski definition) is 3. The van der Waals surface area contributed by atoms with Gasteiger partial charge < -0.3 is 5.32 Å². The summed E-state index contributed by atoms with van der Waals surface area (Å²) in [6.07, 6.45) is 0.139. The Hall–Kier alpha value is -1.60. The minimum atomic E-state index is -4.37. The molecule has 6 rings (SSSR count). The number of amides is 1. The van der Waals surface area contributed by atoms with Crippen molar-refractivity contribution in [3.05, 3.63) is 34.7 Å². The molecule has 1 N–H and O–H groups in total. The van der Waals surface area contributed by atoms with Gasteiger partial charge in [0, 0.05) is 10.2 Å². The highest BCUT2D eigenvalue weighted by atomic mass is 32.1. The van der Waals surface area contributed by atoms with Gasteiger partial charge >= 0.3 is 6.18 Å². The van der Waals surface area contributed by atoms with Crippen molar-refractivity contribution in [3.63, 3.8) is 0 Å². The molecular weight excluding hydrogens is 361 g/mol. The van der Waals surface area contributed by atoms with Crippen LogP contribution in [0.5, 0.6) is 0 Å². The Kier molecular flexibility index (Phi) is 3.47. The van der Waals surface area contributed by atoms with E-state index in [-0.39, 0.29) is 17.5 Å². The zero-order chi connectivity index (χ0) is 18.1. The Morgan fingerprint density at radius 3 is 2.58 bits per heavy atom. The van der Waals surface area contributed by atoms with E-state index in [1.54, 1.807) is 6.07 Å². The van der Waals surface area contributed by atoms with Crippen LogP contribution in [-0.4, -0.2) is 35.5 Å². The van der Waals surface area contributed by atoms with Crippen LogP contribution in [0.4, 0.5) is 13.2 Å². The van der Waals surface area contributed by atoms with Crippen molar-refractivity contribution in [1.82, 2.24) is 10.2 Å². The van der Waals surface area contributed by atoms with Crippen LogP contribution < -0.4 is 5.32 Å². The number of nitrogens with zero attached hydrogens (tertiary/aromatic N) is 1. The van der Waals surface area contributed by atoms with Crippen LogP contribution in [0, 0.1) is 5.92 Å². The van der Waals surface area contributed by atoms with Crippen LogP contribution >= 0.6 is 11.3 Å². The van der Waals surface area contributed by atoms with E-state index in [1.165, 1.54) is 17.4 Å². The normalized spacial score (nSPS) is 29.3. The number of rotatable bonds is 2. The Balaban J connectivity index is 1.40. The van der Waals surface area contributed by atoms with Crippen LogP contribution in [-0.2, 0) is 6.18 Å². The molecule has 1 spiro atoms. The second kappa shape index (κ2) is 5.45. The van der Waals surface area contributed by atoms with Gasteiger partial charge in [-0.1, -0.05) is 0 Å². The summed E-state index contributed by atoms with van der Waals surface area (Å²) in [5, 5.41) is 3.71. The largest absolute Gasteiger partial charge is 0.416 e. The summed E-state index contributed by atoms with van der Waals surface area (Å²) in [5.41, 5.74) is -0.527. The molecule has 3 saturated heterocycles. The third-order valence-electron chi connectivity index (χ3n) is 6.34. The van der Waals surface area contributed by atoms with Crippen molar-refractivity contribution in [2.45, 2.75) is 43.4 Å². The maximum atomic E-state index is 12.9. The van der Waals surface area contributed by atoms with Gasteiger partial charge in [-0.2, -0.15) is 13.2 Å². The van der Waals surface area contributed by atoms with Gasteiger partial charge in [-0.15, -0.1) is 11.3 Å². The Morgan fingerprint density at radius 1 is 1.19 bits per heavy atom. The van der Waals surface area contributed by atoms with Gasteiger partial charge in [0.05, 0.1) is 16.5 Å². The number of nitrogens with one attached hydrogen (secondary N) is 1. The number of halogens is 3. The lowest BCUT2D eigenvalue weighted by Gasteiger charge is -2.52. The summed E-state index contributed by atoms with van der Waals surface area (Å²) >= 11 is 1.26. The number of carbonyl (C=O) groups is 1. The van der Waals surface area contributed by atoms with Crippen molar-refractivity contribution in [2.75, 3.05) is 13.1 Å². The van der Waals surface area contributed by atoms with Crippen LogP contribution in [0.1, 0.15) is 40.9 Å². The first-order chi connectivity index (χ1) is 12.4. The number of hydrogen-bond donors (Lipinski definition) is 1. The predicted octanol–water partition coefficient (Wildman–Crippen LogP) is 4.28. The first kappa shape index (κ1) is 16.6. The van der Waals surface area contributed by atoms with E-state index in [0.29, 0.717) is 20.9 Å². The third-order valence-corrected chi connectivity index (χ3v) is 7.45. The number of benzene rings is 1. The van der Waals surface area contributed by atoms with Gasteiger partial charge in [-0.25, -0.2) is 0 Å². The van der Waals surface area contributed by atoms with Gasteiger partial charge in [0.15, 0.2) is 0 Å². The van der Waals surface area contributed by atoms with E-state index >= 15 is 0 Å². The van der Waals surface area contributed by atoms with Crippen molar-refractivity contribution < 1.29 is 18.0 Å². The highest BCUT2D eigenvalue weighted by molar-refractivity contribution is 7.20. The standard InChI is InChI=1S/C19H19F3N2OS/c20-19(21,22)13-1-2-14-12(9-13)10-15(26-14)17(25)23-16-11-3-7-24(8-4-11)18(16)5-6-18/h1-2,9-11,16H,3-8H2,(H,23,25). The SMILES string of the molecule is O=C(NC1C2CCN(CC2)C12CC2)c1cc2cc(C(F)(F)F)ccc2s1. The highest BCUT2D eigenvalue weighted by Crippen LogP contribution is 2.53. The van der Waals surface area contributed by atoms with Crippen LogP contribution in [0.25, 0.3) is 10.1 Å². The van der Waals surface area contributed by atoms with Gasteiger partial charge in [-0.3, -0.25) is 9.69 Å². The van der Waals surface area contributed by atoms with Crippen molar-refractivity contribution in [1.29, 1.82) is 0 Å². The fraction of sp³-hybridized carbons (Fsp3) is 0.526. The molecule has 2 aromatic rings. The Morgan fingerprint density at radius 2 is 1.92 bits per heavy atom. The molecule has 1 aromatic heterocycles. The van der Waals surface area contributed by atoms with E-state index in [4.69, 9.17) is 0 Å². The van der Waals surface area contributed by atoms with Crippen LogP contribution in [0.15, 0.2) is 24.3 Å². The average molecular weight is 380 g/mol. The van der Waals surface area contributed by atoms with Crippen molar-refractivity contribution >= 4 is 27.3 Å². The Bertz CT molecular complexity index is 879. The molecule has 4 fully saturated rings. The van der Waals surface area contributed by atoms with Crippen LogP contribution in [0.3, 0.4) is 0 Å². The van der Waals surface area contributed by atoms with Crippen molar-refractivity contribution in [3.8, 4) is 0 Å². The fourth-order valence-electron chi connectivity index (χ4n) is 4.86. The smallest absolute Gasteiger partial charge is 0.346 e.